The Morgan fingerprint density at radius 3 is 1.30 bits per heavy atom. The highest BCUT2D eigenvalue weighted by molar-refractivity contribution is 5.96. The van der Waals surface area contributed by atoms with Gasteiger partial charge in [-0.25, -0.2) is 0 Å². The number of para-hydroxylation sites is 2. The van der Waals surface area contributed by atoms with E-state index in [4.69, 9.17) is 0 Å². The minimum Gasteiger partial charge on any atom is -0.309 e. The lowest BCUT2D eigenvalue weighted by atomic mass is 9.43. The van der Waals surface area contributed by atoms with E-state index in [0.29, 0.717) is 11.8 Å². The molecule has 4 bridgehead atoms. The van der Waals surface area contributed by atoms with Crippen LogP contribution in [0.2, 0.25) is 0 Å². The molecule has 6 aromatic rings. The topological polar surface area (TPSA) is 3.24 Å². The lowest BCUT2D eigenvalue weighted by molar-refractivity contribution is -0.0399. The van der Waals surface area contributed by atoms with Crippen LogP contribution in [0.25, 0.3) is 33.4 Å². The molecule has 0 atom stereocenters. The fourth-order valence-electron chi connectivity index (χ4n) is 15.4. The molecule has 1 nitrogen and oxygen atoms in total. The Labute approximate surface area is 378 Å². The molecule has 0 aliphatic heterocycles. The van der Waals surface area contributed by atoms with Crippen molar-refractivity contribution in [2.24, 2.45) is 23.7 Å². The molecule has 0 unspecified atom stereocenters. The second-order valence-corrected chi connectivity index (χ2v) is 23.8. The van der Waals surface area contributed by atoms with Gasteiger partial charge in [-0.1, -0.05) is 159 Å². The maximum atomic E-state index is 2.71. The standard InChI is InChI=1S/C62H67N/c1-58(2)29-31-60(5,6)56-48(20-15-23-51(56)58)46-18-10-13-25-54(46)63(55-26-14-11-19-47(55)49-21-16-24-52-57(49)61(7,8)32-30-59(52,3)4)43-27-28-45-44-17-9-12-22-50(44)62(53(45)38-43)41-34-39-33-40(36-41)37-42(62)35-39/h9-28,38-42H,29-37H2,1-8H3. The van der Waals surface area contributed by atoms with E-state index in [1.807, 2.05) is 0 Å². The Morgan fingerprint density at radius 2 is 0.778 bits per heavy atom. The maximum Gasteiger partial charge on any atom is 0.0540 e. The van der Waals surface area contributed by atoms with Gasteiger partial charge in [0, 0.05) is 22.2 Å². The van der Waals surface area contributed by atoms with Crippen molar-refractivity contribution in [2.75, 3.05) is 4.90 Å². The molecule has 6 aromatic carbocycles. The summed E-state index contributed by atoms with van der Waals surface area (Å²) in [5.41, 5.74) is 21.9. The summed E-state index contributed by atoms with van der Waals surface area (Å²) in [4.78, 5) is 2.71. The van der Waals surface area contributed by atoms with Crippen molar-refractivity contribution >= 4 is 17.1 Å². The lowest BCUT2D eigenvalue weighted by Crippen LogP contribution is -2.55. The number of anilines is 3. The Bertz CT molecular complexity index is 2670. The molecule has 0 radical (unpaired) electrons. The monoisotopic (exact) mass is 826 g/mol. The molecule has 7 aliphatic carbocycles. The van der Waals surface area contributed by atoms with Crippen molar-refractivity contribution < 1.29 is 0 Å². The zero-order valence-electron chi connectivity index (χ0n) is 39.2. The van der Waals surface area contributed by atoms with E-state index in [9.17, 15) is 0 Å². The molecule has 0 amide bonds. The van der Waals surface area contributed by atoms with Crippen LogP contribution in [0.1, 0.15) is 147 Å². The highest BCUT2D eigenvalue weighted by Crippen LogP contribution is 2.70. The Hall–Kier alpha value is -4.88. The molecule has 320 valence electrons. The van der Waals surface area contributed by atoms with Crippen molar-refractivity contribution in [3.8, 4) is 33.4 Å². The number of rotatable bonds is 5. The van der Waals surface area contributed by atoms with E-state index in [0.717, 1.165) is 11.8 Å². The molecule has 0 saturated heterocycles. The first-order valence-corrected chi connectivity index (χ1v) is 24.7. The second-order valence-electron chi connectivity index (χ2n) is 23.8. The van der Waals surface area contributed by atoms with Crippen LogP contribution in [-0.4, -0.2) is 0 Å². The second kappa shape index (κ2) is 13.6. The molecular weight excluding hydrogens is 759 g/mol. The average Bonchev–Trinajstić information content (AvgIpc) is 3.56. The van der Waals surface area contributed by atoms with E-state index in [2.05, 4.69) is 188 Å². The molecule has 1 spiro atoms. The van der Waals surface area contributed by atoms with Crippen LogP contribution in [0.4, 0.5) is 17.1 Å². The fourth-order valence-corrected chi connectivity index (χ4v) is 15.4. The molecule has 13 rings (SSSR count). The first-order chi connectivity index (χ1) is 30.2. The number of fused-ring (bicyclic) bond motifs is 5. The molecule has 0 heterocycles. The minimum absolute atomic E-state index is 0.0595. The highest BCUT2D eigenvalue weighted by atomic mass is 15.1. The largest absolute Gasteiger partial charge is 0.309 e. The van der Waals surface area contributed by atoms with Crippen LogP contribution in [0.5, 0.6) is 0 Å². The van der Waals surface area contributed by atoms with E-state index in [-0.39, 0.29) is 27.1 Å². The summed E-state index contributed by atoms with van der Waals surface area (Å²) >= 11 is 0. The van der Waals surface area contributed by atoms with Gasteiger partial charge >= 0.3 is 0 Å². The highest BCUT2D eigenvalue weighted by Gasteiger charge is 2.61. The van der Waals surface area contributed by atoms with E-state index in [1.54, 1.807) is 11.1 Å². The van der Waals surface area contributed by atoms with Crippen LogP contribution >= 0.6 is 0 Å². The minimum atomic E-state index is 0.0595. The SMILES string of the molecule is CC1(C)CCC(C)(C)c2c(-c3ccccc3N(c3ccc4c(c3)C3(c5ccccc5-4)C4CC5CC(C4)CC3C5)c3ccccc3-c3cccc4c3C(C)(C)CCC4(C)C)cccc21. The molecular formula is C62H67N. The van der Waals surface area contributed by atoms with Crippen LogP contribution in [0.15, 0.2) is 127 Å². The summed E-state index contributed by atoms with van der Waals surface area (Å²) < 4.78 is 0. The van der Waals surface area contributed by atoms with E-state index in [1.165, 1.54) is 130 Å². The van der Waals surface area contributed by atoms with Gasteiger partial charge < -0.3 is 4.90 Å². The summed E-state index contributed by atoms with van der Waals surface area (Å²) in [5.74, 6) is 3.24. The number of hydrogen-bond donors (Lipinski definition) is 0. The van der Waals surface area contributed by atoms with Gasteiger partial charge in [-0.05, 0) is 183 Å². The predicted octanol–water partition coefficient (Wildman–Crippen LogP) is 16.9. The van der Waals surface area contributed by atoms with Gasteiger partial charge in [0.15, 0.2) is 0 Å². The van der Waals surface area contributed by atoms with Crippen LogP contribution in [-0.2, 0) is 27.1 Å². The van der Waals surface area contributed by atoms with Gasteiger partial charge in [0.25, 0.3) is 0 Å². The van der Waals surface area contributed by atoms with Crippen molar-refractivity contribution in [3.63, 3.8) is 0 Å². The quantitative estimate of drug-likeness (QED) is 0.167. The molecule has 0 N–H and O–H groups in total. The number of benzene rings is 6. The van der Waals surface area contributed by atoms with Gasteiger partial charge in [0.05, 0.1) is 11.4 Å². The van der Waals surface area contributed by atoms with E-state index >= 15 is 0 Å². The first kappa shape index (κ1) is 39.7. The molecule has 63 heavy (non-hydrogen) atoms. The zero-order chi connectivity index (χ0) is 43.3. The van der Waals surface area contributed by atoms with Crippen molar-refractivity contribution in [1.29, 1.82) is 0 Å². The molecule has 1 heteroatoms. The maximum absolute atomic E-state index is 2.71. The lowest BCUT2D eigenvalue weighted by Gasteiger charge is -2.61. The van der Waals surface area contributed by atoms with Crippen molar-refractivity contribution in [3.05, 3.63) is 161 Å². The third kappa shape index (κ3) is 5.66. The molecule has 4 saturated carbocycles. The molecule has 0 aromatic heterocycles. The van der Waals surface area contributed by atoms with Crippen LogP contribution < -0.4 is 4.90 Å². The van der Waals surface area contributed by atoms with Gasteiger partial charge in [0.2, 0.25) is 0 Å². The van der Waals surface area contributed by atoms with Gasteiger partial charge in [0.1, 0.15) is 0 Å². The fraction of sp³-hybridized carbons (Fsp3) is 0.419. The number of hydrogen-bond acceptors (Lipinski definition) is 1. The smallest absolute Gasteiger partial charge is 0.0540 e. The van der Waals surface area contributed by atoms with E-state index < -0.39 is 0 Å². The molecule has 4 fully saturated rings. The van der Waals surface area contributed by atoms with Crippen molar-refractivity contribution in [1.82, 2.24) is 0 Å². The Balaban J connectivity index is 1.14. The zero-order valence-corrected chi connectivity index (χ0v) is 39.2. The van der Waals surface area contributed by atoms with Gasteiger partial charge in [-0.3, -0.25) is 0 Å². The van der Waals surface area contributed by atoms with Crippen molar-refractivity contribution in [2.45, 2.75) is 140 Å². The van der Waals surface area contributed by atoms with Gasteiger partial charge in [-0.15, -0.1) is 0 Å². The Morgan fingerprint density at radius 1 is 0.365 bits per heavy atom. The summed E-state index contributed by atoms with van der Waals surface area (Å²) in [6, 6.07) is 50.6. The average molecular weight is 826 g/mol. The summed E-state index contributed by atoms with van der Waals surface area (Å²) in [5, 5.41) is 0. The molecule has 7 aliphatic rings. The third-order valence-corrected chi connectivity index (χ3v) is 18.4. The van der Waals surface area contributed by atoms with Crippen LogP contribution in [0, 0.1) is 23.7 Å². The summed E-state index contributed by atoms with van der Waals surface area (Å²) in [7, 11) is 0. The summed E-state index contributed by atoms with van der Waals surface area (Å²) in [6.07, 6.45) is 11.8. The summed E-state index contributed by atoms with van der Waals surface area (Å²) in [6.45, 7) is 19.8. The Kier molecular flexibility index (Phi) is 8.55. The number of nitrogens with zero attached hydrogens (tertiary/aromatic N) is 1. The van der Waals surface area contributed by atoms with Crippen LogP contribution in [0.3, 0.4) is 0 Å². The first-order valence-electron chi connectivity index (χ1n) is 24.7. The normalized spacial score (nSPS) is 27.0. The third-order valence-electron chi connectivity index (χ3n) is 18.4. The predicted molar refractivity (Wildman–Crippen MR) is 266 cm³/mol. The van der Waals surface area contributed by atoms with Gasteiger partial charge in [-0.2, -0.15) is 0 Å².